The summed E-state index contributed by atoms with van der Waals surface area (Å²) in [6.45, 7) is 2.46. The number of carbonyl (C=O) groups excluding carboxylic acids is 1. The molecule has 8 heteroatoms. The van der Waals surface area contributed by atoms with Crippen LogP contribution in [0.4, 0.5) is 0 Å². The van der Waals surface area contributed by atoms with E-state index in [4.69, 9.17) is 33.7 Å². The van der Waals surface area contributed by atoms with Crippen LogP contribution in [0.3, 0.4) is 0 Å². The molecule has 1 aliphatic rings. The predicted octanol–water partition coefficient (Wildman–Crippen LogP) is 5.42. The number of carbonyl (C=O) groups is 1. The molecule has 1 saturated heterocycles. The van der Waals surface area contributed by atoms with Crippen molar-refractivity contribution in [2.75, 3.05) is 13.7 Å². The van der Waals surface area contributed by atoms with Gasteiger partial charge in [0.25, 0.3) is 5.91 Å². The number of thiocarbonyl (C=S) groups is 1. The largest absolute Gasteiger partial charge is 0.495 e. The van der Waals surface area contributed by atoms with E-state index in [1.807, 2.05) is 61.7 Å². The predicted molar refractivity (Wildman–Crippen MR) is 126 cm³/mol. The lowest BCUT2D eigenvalue weighted by molar-refractivity contribution is -0.121. The molecule has 0 atom stereocenters. The number of ether oxygens (including phenoxy) is 1. The molecule has 1 aliphatic heterocycles. The molecule has 0 bridgehead atoms. The summed E-state index contributed by atoms with van der Waals surface area (Å²) >= 11 is 13.0. The van der Waals surface area contributed by atoms with Gasteiger partial charge in [-0.05, 0) is 43.3 Å². The zero-order chi connectivity index (χ0) is 21.3. The van der Waals surface area contributed by atoms with Crippen LogP contribution in [-0.4, -0.2) is 38.6 Å². The van der Waals surface area contributed by atoms with Crippen LogP contribution in [0, 0.1) is 0 Å². The van der Waals surface area contributed by atoms with Gasteiger partial charge in [-0.15, -0.1) is 0 Å². The lowest BCUT2D eigenvalue weighted by Crippen LogP contribution is -2.27. The van der Waals surface area contributed by atoms with Crippen LogP contribution in [0.25, 0.3) is 23.0 Å². The van der Waals surface area contributed by atoms with Crippen LogP contribution < -0.4 is 4.74 Å². The van der Waals surface area contributed by atoms with Gasteiger partial charge in [-0.1, -0.05) is 53.8 Å². The lowest BCUT2D eigenvalue weighted by atomic mass is 10.1. The summed E-state index contributed by atoms with van der Waals surface area (Å²) in [7, 11) is 1.58. The molecule has 2 aromatic carbocycles. The number of rotatable bonds is 5. The van der Waals surface area contributed by atoms with E-state index < -0.39 is 0 Å². The molecule has 4 rings (SSSR count). The molecule has 5 nitrogen and oxygen atoms in total. The zero-order valence-electron chi connectivity index (χ0n) is 16.3. The van der Waals surface area contributed by atoms with E-state index in [1.165, 1.54) is 11.8 Å². The first-order valence-corrected chi connectivity index (χ1v) is 10.9. The third-order valence-corrected chi connectivity index (χ3v) is 6.34. The van der Waals surface area contributed by atoms with E-state index in [0.717, 1.165) is 16.8 Å². The average molecular weight is 456 g/mol. The second kappa shape index (κ2) is 8.63. The van der Waals surface area contributed by atoms with Gasteiger partial charge in [-0.2, -0.15) is 5.10 Å². The van der Waals surface area contributed by atoms with E-state index in [2.05, 4.69) is 0 Å². The molecule has 2 heterocycles. The molecule has 0 saturated carbocycles. The molecule has 0 unspecified atom stereocenters. The summed E-state index contributed by atoms with van der Waals surface area (Å²) in [5.41, 5.74) is 3.26. The highest BCUT2D eigenvalue weighted by Crippen LogP contribution is 2.36. The van der Waals surface area contributed by atoms with Gasteiger partial charge < -0.3 is 4.74 Å². The second-order valence-corrected chi connectivity index (χ2v) is 8.57. The van der Waals surface area contributed by atoms with Crippen LogP contribution in [0.5, 0.6) is 5.75 Å². The summed E-state index contributed by atoms with van der Waals surface area (Å²) in [5, 5.41) is 5.27. The Balaban J connectivity index is 1.84. The Labute approximate surface area is 189 Å². The van der Waals surface area contributed by atoms with Crippen molar-refractivity contribution in [2.45, 2.75) is 6.92 Å². The number of methoxy groups -OCH3 is 1. The number of hydrogen-bond acceptors (Lipinski definition) is 5. The Morgan fingerprint density at radius 1 is 1.23 bits per heavy atom. The summed E-state index contributed by atoms with van der Waals surface area (Å²) < 4.78 is 7.62. The molecule has 0 radical (unpaired) electrons. The van der Waals surface area contributed by atoms with Crippen molar-refractivity contribution < 1.29 is 9.53 Å². The van der Waals surface area contributed by atoms with Crippen molar-refractivity contribution in [3.63, 3.8) is 0 Å². The first-order chi connectivity index (χ1) is 14.5. The number of halogens is 1. The number of thioether (sulfide) groups is 1. The zero-order valence-corrected chi connectivity index (χ0v) is 18.7. The molecular formula is C22H18ClN3O2S2. The Hall–Kier alpha value is -2.61. The average Bonchev–Trinajstić information content (AvgIpc) is 3.29. The lowest BCUT2D eigenvalue weighted by Gasteiger charge is -2.09. The van der Waals surface area contributed by atoms with E-state index in [0.29, 0.717) is 32.2 Å². The summed E-state index contributed by atoms with van der Waals surface area (Å²) in [6, 6.07) is 15.3. The fraction of sp³-hybridized carbons (Fsp3) is 0.136. The fourth-order valence-electron chi connectivity index (χ4n) is 3.16. The van der Waals surface area contributed by atoms with Gasteiger partial charge in [0.15, 0.2) is 0 Å². The van der Waals surface area contributed by atoms with Crippen molar-refractivity contribution in [2.24, 2.45) is 0 Å². The van der Waals surface area contributed by atoms with Crippen molar-refractivity contribution in [1.82, 2.24) is 14.7 Å². The smallest absolute Gasteiger partial charge is 0.266 e. The molecule has 30 heavy (non-hydrogen) atoms. The third kappa shape index (κ3) is 3.88. The van der Waals surface area contributed by atoms with E-state index >= 15 is 0 Å². The number of nitrogens with zero attached hydrogens (tertiary/aromatic N) is 3. The fourth-order valence-corrected chi connectivity index (χ4v) is 4.79. The van der Waals surface area contributed by atoms with Crippen molar-refractivity contribution >= 4 is 51.9 Å². The van der Waals surface area contributed by atoms with Crippen molar-refractivity contribution in [3.8, 4) is 22.7 Å². The standard InChI is InChI=1S/C22H18ClN3O2S2/c1-3-25-21(27)19(30-22(25)29)12-15-13-26(16-7-5-4-6-8-16)24-20(15)14-9-10-18(28-2)17(23)11-14/h4-13H,3H2,1-2H3/b19-12-. The van der Waals surface area contributed by atoms with E-state index in [1.54, 1.807) is 22.8 Å². The normalized spacial score (nSPS) is 15.3. The Morgan fingerprint density at radius 2 is 2.00 bits per heavy atom. The minimum atomic E-state index is -0.0846. The molecule has 1 amide bonds. The maximum atomic E-state index is 12.7. The van der Waals surface area contributed by atoms with Gasteiger partial charge in [0.05, 0.1) is 22.7 Å². The minimum absolute atomic E-state index is 0.0846. The van der Waals surface area contributed by atoms with Crippen molar-refractivity contribution in [3.05, 3.63) is 70.2 Å². The van der Waals surface area contributed by atoms with E-state index in [-0.39, 0.29) is 5.91 Å². The minimum Gasteiger partial charge on any atom is -0.495 e. The van der Waals surface area contributed by atoms with Gasteiger partial charge in [0.2, 0.25) is 0 Å². The first-order valence-electron chi connectivity index (χ1n) is 9.26. The van der Waals surface area contributed by atoms with Crippen LogP contribution in [0.2, 0.25) is 5.02 Å². The molecule has 152 valence electrons. The summed E-state index contributed by atoms with van der Waals surface area (Å²) in [6.07, 6.45) is 3.75. The number of benzene rings is 2. The van der Waals surface area contributed by atoms with Crippen LogP contribution in [0.15, 0.2) is 59.6 Å². The van der Waals surface area contributed by atoms with Gasteiger partial charge in [0, 0.05) is 23.9 Å². The van der Waals surface area contributed by atoms with E-state index in [9.17, 15) is 4.79 Å². The maximum Gasteiger partial charge on any atom is 0.266 e. The van der Waals surface area contributed by atoms with Gasteiger partial charge in [-0.3, -0.25) is 9.69 Å². The number of likely N-dealkylation sites (N-methyl/N-ethyl adjacent to an activating group) is 1. The third-order valence-electron chi connectivity index (χ3n) is 4.66. The van der Waals surface area contributed by atoms with Crippen LogP contribution in [-0.2, 0) is 4.79 Å². The molecule has 0 aliphatic carbocycles. The van der Waals surface area contributed by atoms with Crippen LogP contribution >= 0.6 is 35.6 Å². The molecular weight excluding hydrogens is 438 g/mol. The Morgan fingerprint density at radius 3 is 2.63 bits per heavy atom. The summed E-state index contributed by atoms with van der Waals surface area (Å²) in [5.74, 6) is 0.506. The monoisotopic (exact) mass is 455 g/mol. The highest BCUT2D eigenvalue weighted by atomic mass is 35.5. The van der Waals surface area contributed by atoms with Gasteiger partial charge >= 0.3 is 0 Å². The quantitative estimate of drug-likeness (QED) is 0.379. The molecule has 1 fully saturated rings. The Kier molecular flexibility index (Phi) is 5.94. The van der Waals surface area contributed by atoms with Crippen molar-refractivity contribution in [1.29, 1.82) is 0 Å². The second-order valence-electron chi connectivity index (χ2n) is 6.49. The molecule has 0 N–H and O–H groups in total. The molecule has 1 aromatic heterocycles. The summed E-state index contributed by atoms with van der Waals surface area (Å²) in [4.78, 5) is 14.9. The maximum absolute atomic E-state index is 12.7. The number of aromatic nitrogens is 2. The SMILES string of the molecule is CCN1C(=O)/C(=C/c2cn(-c3ccccc3)nc2-c2ccc(OC)c(Cl)c2)SC1=S. The van der Waals surface area contributed by atoms with Gasteiger partial charge in [0.1, 0.15) is 15.8 Å². The first kappa shape index (κ1) is 20.7. The molecule has 3 aromatic rings. The Bertz CT molecular complexity index is 1160. The molecule has 0 spiro atoms. The van der Waals surface area contributed by atoms with Gasteiger partial charge in [-0.25, -0.2) is 4.68 Å². The highest BCUT2D eigenvalue weighted by molar-refractivity contribution is 8.26. The number of hydrogen-bond donors (Lipinski definition) is 0. The number of para-hydroxylation sites is 1. The topological polar surface area (TPSA) is 47.4 Å². The van der Waals surface area contributed by atoms with Crippen LogP contribution in [0.1, 0.15) is 12.5 Å². The number of amides is 1. The highest BCUT2D eigenvalue weighted by Gasteiger charge is 2.31.